The molecule has 1 rings (SSSR count). The highest BCUT2D eigenvalue weighted by molar-refractivity contribution is 9.11. The molecule has 0 saturated heterocycles. The minimum Gasteiger partial charge on any atom is -0.310 e. The Labute approximate surface area is 128 Å². The third kappa shape index (κ3) is 5.41. The molecule has 0 heterocycles. The molecule has 1 aromatic rings. The molecule has 0 aliphatic heterocycles. The zero-order chi connectivity index (χ0) is 13.8. The Hall–Kier alpha value is 0.140. The first-order chi connectivity index (χ1) is 8.33. The van der Waals surface area contributed by atoms with Crippen molar-refractivity contribution in [1.82, 2.24) is 5.32 Å². The van der Waals surface area contributed by atoms with Crippen LogP contribution in [0.2, 0.25) is 0 Å². The lowest BCUT2D eigenvalue weighted by Crippen LogP contribution is -2.26. The van der Waals surface area contributed by atoms with Gasteiger partial charge in [0, 0.05) is 15.0 Å². The third-order valence-corrected chi connectivity index (χ3v) is 4.01. The lowest BCUT2D eigenvalue weighted by Gasteiger charge is -2.28. The van der Waals surface area contributed by atoms with E-state index in [1.807, 2.05) is 0 Å². The van der Waals surface area contributed by atoms with Crippen LogP contribution in [-0.2, 0) is 0 Å². The van der Waals surface area contributed by atoms with Gasteiger partial charge >= 0.3 is 0 Å². The Bertz CT molecular complexity index is 383. The SMILES string of the molecule is CCCNC(CC(C)(C)C)c1cc(Br)ccc1Br. The first-order valence-electron chi connectivity index (χ1n) is 6.52. The molecule has 0 spiro atoms. The summed E-state index contributed by atoms with van der Waals surface area (Å²) in [6.45, 7) is 10.1. The maximum atomic E-state index is 3.67. The fourth-order valence-corrected chi connectivity index (χ4v) is 2.91. The van der Waals surface area contributed by atoms with E-state index in [9.17, 15) is 0 Å². The van der Waals surface area contributed by atoms with Crippen molar-refractivity contribution in [1.29, 1.82) is 0 Å². The predicted octanol–water partition coefficient (Wildman–Crippen LogP) is 5.69. The van der Waals surface area contributed by atoms with E-state index < -0.39 is 0 Å². The highest BCUT2D eigenvalue weighted by Gasteiger charge is 2.21. The summed E-state index contributed by atoms with van der Waals surface area (Å²) in [5, 5.41) is 3.66. The van der Waals surface area contributed by atoms with Crippen molar-refractivity contribution in [2.24, 2.45) is 5.41 Å². The number of hydrogen-bond acceptors (Lipinski definition) is 1. The van der Waals surface area contributed by atoms with Gasteiger partial charge in [0.1, 0.15) is 0 Å². The van der Waals surface area contributed by atoms with E-state index >= 15 is 0 Å². The molecular weight excluding hydrogens is 354 g/mol. The van der Waals surface area contributed by atoms with Gasteiger partial charge in [0.05, 0.1) is 0 Å². The van der Waals surface area contributed by atoms with Crippen molar-refractivity contribution < 1.29 is 0 Å². The minimum atomic E-state index is 0.313. The van der Waals surface area contributed by atoms with Gasteiger partial charge in [0.2, 0.25) is 0 Å². The van der Waals surface area contributed by atoms with Crippen LogP contribution in [0.4, 0.5) is 0 Å². The highest BCUT2D eigenvalue weighted by atomic mass is 79.9. The molecule has 0 bridgehead atoms. The number of halogens is 2. The average molecular weight is 377 g/mol. The molecule has 1 unspecified atom stereocenters. The summed E-state index contributed by atoms with van der Waals surface area (Å²) in [6.07, 6.45) is 2.29. The van der Waals surface area contributed by atoms with Gasteiger partial charge in [-0.05, 0) is 48.6 Å². The van der Waals surface area contributed by atoms with Gasteiger partial charge < -0.3 is 5.32 Å². The Kier molecular flexibility index (Phi) is 6.36. The molecule has 0 amide bonds. The number of nitrogens with one attached hydrogen (secondary N) is 1. The fraction of sp³-hybridized carbons (Fsp3) is 0.600. The molecule has 1 N–H and O–H groups in total. The summed E-state index contributed by atoms with van der Waals surface area (Å²) < 4.78 is 2.32. The van der Waals surface area contributed by atoms with Crippen LogP contribution in [0.1, 0.15) is 52.1 Å². The molecule has 102 valence electrons. The van der Waals surface area contributed by atoms with Crippen molar-refractivity contribution in [3.05, 3.63) is 32.7 Å². The van der Waals surface area contributed by atoms with Crippen LogP contribution in [0.5, 0.6) is 0 Å². The molecule has 18 heavy (non-hydrogen) atoms. The van der Waals surface area contributed by atoms with Gasteiger partial charge in [-0.2, -0.15) is 0 Å². The molecule has 1 atom stereocenters. The van der Waals surface area contributed by atoms with Gasteiger partial charge in [0.15, 0.2) is 0 Å². The maximum absolute atomic E-state index is 3.67. The predicted molar refractivity (Wildman–Crippen MR) is 86.9 cm³/mol. The van der Waals surface area contributed by atoms with Crippen LogP contribution in [0.15, 0.2) is 27.1 Å². The smallest absolute Gasteiger partial charge is 0.0336 e. The zero-order valence-electron chi connectivity index (χ0n) is 11.7. The van der Waals surface area contributed by atoms with Crippen molar-refractivity contribution >= 4 is 31.9 Å². The topological polar surface area (TPSA) is 12.0 Å². The molecule has 0 aliphatic carbocycles. The van der Waals surface area contributed by atoms with Crippen LogP contribution >= 0.6 is 31.9 Å². The highest BCUT2D eigenvalue weighted by Crippen LogP contribution is 2.34. The summed E-state index contributed by atoms with van der Waals surface area (Å²) in [5.74, 6) is 0. The van der Waals surface area contributed by atoms with E-state index in [4.69, 9.17) is 0 Å². The Morgan fingerprint density at radius 1 is 1.22 bits per heavy atom. The van der Waals surface area contributed by atoms with Crippen molar-refractivity contribution in [2.75, 3.05) is 6.54 Å². The van der Waals surface area contributed by atoms with Crippen LogP contribution in [-0.4, -0.2) is 6.54 Å². The second-order valence-corrected chi connectivity index (χ2v) is 7.71. The summed E-state index contributed by atoms with van der Waals surface area (Å²) in [6, 6.07) is 6.80. The molecule has 1 nitrogen and oxygen atoms in total. The molecule has 0 saturated carbocycles. The van der Waals surface area contributed by atoms with E-state index in [-0.39, 0.29) is 0 Å². The second kappa shape index (κ2) is 7.06. The molecule has 0 aromatic heterocycles. The van der Waals surface area contributed by atoms with Gasteiger partial charge in [-0.15, -0.1) is 0 Å². The molecule has 3 heteroatoms. The zero-order valence-corrected chi connectivity index (χ0v) is 14.9. The molecule has 0 radical (unpaired) electrons. The Morgan fingerprint density at radius 3 is 2.44 bits per heavy atom. The quantitative estimate of drug-likeness (QED) is 0.695. The van der Waals surface area contributed by atoms with Crippen LogP contribution in [0, 0.1) is 5.41 Å². The van der Waals surface area contributed by atoms with E-state index in [0.29, 0.717) is 11.5 Å². The largest absolute Gasteiger partial charge is 0.310 e. The summed E-state index contributed by atoms with van der Waals surface area (Å²) in [7, 11) is 0. The van der Waals surface area contributed by atoms with Crippen LogP contribution < -0.4 is 5.32 Å². The van der Waals surface area contributed by atoms with Crippen LogP contribution in [0.3, 0.4) is 0 Å². The average Bonchev–Trinajstić information content (AvgIpc) is 2.26. The van der Waals surface area contributed by atoms with Crippen molar-refractivity contribution in [3.63, 3.8) is 0 Å². The number of benzene rings is 1. The normalized spacial score (nSPS) is 13.7. The molecule has 0 fully saturated rings. The van der Waals surface area contributed by atoms with Crippen molar-refractivity contribution in [2.45, 2.75) is 46.6 Å². The summed E-state index contributed by atoms with van der Waals surface area (Å²) in [4.78, 5) is 0. The third-order valence-electron chi connectivity index (χ3n) is 2.79. The van der Waals surface area contributed by atoms with Gasteiger partial charge in [-0.25, -0.2) is 0 Å². The molecule has 1 aromatic carbocycles. The van der Waals surface area contributed by atoms with Gasteiger partial charge in [-0.3, -0.25) is 0 Å². The van der Waals surface area contributed by atoms with E-state index in [1.54, 1.807) is 0 Å². The molecular formula is C15H23Br2N. The van der Waals surface area contributed by atoms with Crippen molar-refractivity contribution in [3.8, 4) is 0 Å². The standard InChI is InChI=1S/C15H23Br2N/c1-5-8-18-14(10-15(2,3)4)12-9-11(16)6-7-13(12)17/h6-7,9,14,18H,5,8,10H2,1-4H3. The van der Waals surface area contributed by atoms with Crippen LogP contribution in [0.25, 0.3) is 0 Å². The summed E-state index contributed by atoms with van der Waals surface area (Å²) >= 11 is 7.23. The molecule has 0 aliphatic rings. The van der Waals surface area contributed by atoms with E-state index in [0.717, 1.165) is 23.9 Å². The Morgan fingerprint density at radius 2 is 1.89 bits per heavy atom. The number of hydrogen-bond donors (Lipinski definition) is 1. The first-order valence-corrected chi connectivity index (χ1v) is 8.10. The van der Waals surface area contributed by atoms with E-state index in [1.165, 1.54) is 10.0 Å². The Balaban J connectivity index is 2.97. The minimum absolute atomic E-state index is 0.313. The summed E-state index contributed by atoms with van der Waals surface area (Å²) in [5.41, 5.74) is 1.65. The fourth-order valence-electron chi connectivity index (χ4n) is 2.00. The number of rotatable bonds is 5. The monoisotopic (exact) mass is 375 g/mol. The second-order valence-electron chi connectivity index (χ2n) is 5.94. The van der Waals surface area contributed by atoms with E-state index in [2.05, 4.69) is 83.1 Å². The van der Waals surface area contributed by atoms with Gasteiger partial charge in [0.25, 0.3) is 0 Å². The lowest BCUT2D eigenvalue weighted by molar-refractivity contribution is 0.311. The van der Waals surface area contributed by atoms with Gasteiger partial charge in [-0.1, -0.05) is 59.6 Å². The first kappa shape index (κ1) is 16.2. The lowest BCUT2D eigenvalue weighted by atomic mass is 9.85. The maximum Gasteiger partial charge on any atom is 0.0336 e.